The van der Waals surface area contributed by atoms with Gasteiger partial charge in [0.1, 0.15) is 0 Å². The van der Waals surface area contributed by atoms with Crippen LogP contribution in [0.5, 0.6) is 0 Å². The molecule has 1 aromatic rings. The highest BCUT2D eigenvalue weighted by Gasteiger charge is 2.06. The molecule has 0 spiro atoms. The molecule has 19 heavy (non-hydrogen) atoms. The van der Waals surface area contributed by atoms with Crippen molar-refractivity contribution in [3.63, 3.8) is 0 Å². The molecule has 4 nitrogen and oxygen atoms in total. The molecule has 1 N–H and O–H groups in total. The molecule has 0 saturated carbocycles. The van der Waals surface area contributed by atoms with E-state index >= 15 is 0 Å². The second-order valence-electron chi connectivity index (χ2n) is 3.95. The highest BCUT2D eigenvalue weighted by molar-refractivity contribution is 9.10. The predicted molar refractivity (Wildman–Crippen MR) is 80.6 cm³/mol. The lowest BCUT2D eigenvalue weighted by Crippen LogP contribution is -2.26. The summed E-state index contributed by atoms with van der Waals surface area (Å²) in [7, 11) is 1.68. The number of likely N-dealkylation sites (N-methyl/N-ethyl adjacent to an activating group) is 1. The first-order chi connectivity index (χ1) is 9.08. The Kier molecular flexibility index (Phi) is 6.59. The van der Waals surface area contributed by atoms with Gasteiger partial charge < -0.3 is 14.7 Å². The first-order valence-electron chi connectivity index (χ1n) is 6.03. The molecular formula is C14H18BrNO3. The number of aliphatic carboxylic acids is 1. The third kappa shape index (κ3) is 5.04. The van der Waals surface area contributed by atoms with Gasteiger partial charge in [-0.15, -0.1) is 0 Å². The minimum absolute atomic E-state index is 0.673. The summed E-state index contributed by atoms with van der Waals surface area (Å²) in [5.74, 6) is -0.953. The van der Waals surface area contributed by atoms with Gasteiger partial charge in [-0.25, -0.2) is 4.79 Å². The molecule has 0 fully saturated rings. The van der Waals surface area contributed by atoms with E-state index in [1.54, 1.807) is 13.2 Å². The number of methoxy groups -OCH3 is 1. The third-order valence-corrected chi connectivity index (χ3v) is 3.39. The molecule has 0 radical (unpaired) electrons. The van der Waals surface area contributed by atoms with Gasteiger partial charge in [0.15, 0.2) is 0 Å². The topological polar surface area (TPSA) is 49.8 Å². The van der Waals surface area contributed by atoms with Crippen molar-refractivity contribution in [2.75, 3.05) is 31.7 Å². The zero-order chi connectivity index (χ0) is 14.3. The highest BCUT2D eigenvalue weighted by Crippen LogP contribution is 2.25. The van der Waals surface area contributed by atoms with Crippen molar-refractivity contribution in [1.29, 1.82) is 0 Å². The van der Waals surface area contributed by atoms with E-state index < -0.39 is 5.97 Å². The minimum atomic E-state index is -0.953. The SMILES string of the molecule is CCN(CCOC)c1ccc(/C=C/C(=O)O)c(Br)c1. The molecule has 1 aromatic carbocycles. The van der Waals surface area contributed by atoms with Crippen molar-refractivity contribution in [1.82, 2.24) is 0 Å². The van der Waals surface area contributed by atoms with Gasteiger partial charge in [-0.1, -0.05) is 22.0 Å². The Morgan fingerprint density at radius 2 is 2.26 bits per heavy atom. The molecule has 1 rings (SSSR count). The Labute approximate surface area is 121 Å². The van der Waals surface area contributed by atoms with E-state index in [9.17, 15) is 4.79 Å². The van der Waals surface area contributed by atoms with E-state index in [4.69, 9.17) is 9.84 Å². The first-order valence-corrected chi connectivity index (χ1v) is 6.82. The van der Waals surface area contributed by atoms with Crippen molar-refractivity contribution >= 4 is 33.7 Å². The molecule has 0 unspecified atom stereocenters. The lowest BCUT2D eigenvalue weighted by atomic mass is 10.2. The van der Waals surface area contributed by atoms with Crippen LogP contribution in [0.1, 0.15) is 12.5 Å². The largest absolute Gasteiger partial charge is 0.478 e. The molecule has 0 aliphatic carbocycles. The average molecular weight is 328 g/mol. The summed E-state index contributed by atoms with van der Waals surface area (Å²) in [6, 6.07) is 5.86. The summed E-state index contributed by atoms with van der Waals surface area (Å²) in [5.41, 5.74) is 1.92. The first kappa shape index (κ1) is 15.7. The molecule has 0 amide bonds. The molecular weight excluding hydrogens is 310 g/mol. The standard InChI is InChI=1S/C14H18BrNO3/c1-3-16(8-9-19-2)12-6-4-11(13(15)10-12)5-7-14(17)18/h4-7,10H,3,8-9H2,1-2H3,(H,17,18)/b7-5+. The molecule has 104 valence electrons. The number of carbonyl (C=O) groups is 1. The van der Waals surface area contributed by atoms with E-state index in [0.717, 1.165) is 34.9 Å². The number of carboxylic acids is 1. The summed E-state index contributed by atoms with van der Waals surface area (Å²) < 4.78 is 5.96. The Morgan fingerprint density at radius 1 is 1.53 bits per heavy atom. The van der Waals surface area contributed by atoms with Gasteiger partial charge in [0.05, 0.1) is 6.61 Å². The van der Waals surface area contributed by atoms with E-state index in [-0.39, 0.29) is 0 Å². The zero-order valence-corrected chi connectivity index (χ0v) is 12.7. The van der Waals surface area contributed by atoms with Gasteiger partial charge >= 0.3 is 5.97 Å². The van der Waals surface area contributed by atoms with Gasteiger partial charge in [0.2, 0.25) is 0 Å². The van der Waals surface area contributed by atoms with Crippen LogP contribution in [-0.4, -0.2) is 37.9 Å². The van der Waals surface area contributed by atoms with Crippen LogP contribution in [0.3, 0.4) is 0 Å². The third-order valence-electron chi connectivity index (χ3n) is 2.70. The van der Waals surface area contributed by atoms with Crippen LogP contribution in [0.25, 0.3) is 6.08 Å². The molecule has 5 heteroatoms. The summed E-state index contributed by atoms with van der Waals surface area (Å²) in [6.45, 7) is 4.47. The maximum atomic E-state index is 10.5. The van der Waals surface area contributed by atoms with E-state index in [2.05, 4.69) is 27.8 Å². The van der Waals surface area contributed by atoms with Crippen LogP contribution in [0.4, 0.5) is 5.69 Å². The van der Waals surface area contributed by atoms with Crippen LogP contribution < -0.4 is 4.90 Å². The number of rotatable bonds is 7. The average Bonchev–Trinajstić information content (AvgIpc) is 2.38. The van der Waals surface area contributed by atoms with Gasteiger partial charge in [-0.05, 0) is 30.7 Å². The number of carboxylic acid groups (broad SMARTS) is 1. The Morgan fingerprint density at radius 3 is 2.79 bits per heavy atom. The molecule has 0 atom stereocenters. The highest BCUT2D eigenvalue weighted by atomic mass is 79.9. The minimum Gasteiger partial charge on any atom is -0.478 e. The zero-order valence-electron chi connectivity index (χ0n) is 11.1. The van der Waals surface area contributed by atoms with Gasteiger partial charge in [0, 0.05) is 36.4 Å². The fourth-order valence-electron chi connectivity index (χ4n) is 1.68. The van der Waals surface area contributed by atoms with Crippen molar-refractivity contribution in [2.45, 2.75) is 6.92 Å². The summed E-state index contributed by atoms with van der Waals surface area (Å²) in [6.07, 6.45) is 2.70. The number of benzene rings is 1. The number of hydrogen-bond donors (Lipinski definition) is 1. The van der Waals surface area contributed by atoms with E-state index in [1.165, 1.54) is 0 Å². The maximum Gasteiger partial charge on any atom is 0.328 e. The van der Waals surface area contributed by atoms with Crippen LogP contribution in [-0.2, 0) is 9.53 Å². The second-order valence-corrected chi connectivity index (χ2v) is 4.80. The number of anilines is 1. The Balaban J connectivity index is 2.88. The molecule has 0 saturated heterocycles. The summed E-state index contributed by atoms with van der Waals surface area (Å²) in [4.78, 5) is 12.7. The van der Waals surface area contributed by atoms with Crippen LogP contribution in [0.15, 0.2) is 28.7 Å². The summed E-state index contributed by atoms with van der Waals surface area (Å²) in [5, 5.41) is 8.62. The van der Waals surface area contributed by atoms with E-state index in [1.807, 2.05) is 18.2 Å². The number of hydrogen-bond acceptors (Lipinski definition) is 3. The van der Waals surface area contributed by atoms with Crippen molar-refractivity contribution < 1.29 is 14.6 Å². The van der Waals surface area contributed by atoms with Crippen LogP contribution in [0, 0.1) is 0 Å². The quantitative estimate of drug-likeness (QED) is 0.782. The summed E-state index contributed by atoms with van der Waals surface area (Å²) >= 11 is 3.46. The fourth-order valence-corrected chi connectivity index (χ4v) is 2.18. The van der Waals surface area contributed by atoms with Crippen LogP contribution in [0.2, 0.25) is 0 Å². The fraction of sp³-hybridized carbons (Fsp3) is 0.357. The van der Waals surface area contributed by atoms with Crippen molar-refractivity contribution in [2.24, 2.45) is 0 Å². The number of nitrogens with zero attached hydrogens (tertiary/aromatic N) is 1. The normalized spacial score (nSPS) is 10.9. The predicted octanol–water partition coefficient (Wildman–Crippen LogP) is 3.02. The Bertz CT molecular complexity index is 460. The molecule has 0 aliphatic rings. The number of halogens is 1. The molecule has 0 heterocycles. The Hall–Kier alpha value is -1.33. The lowest BCUT2D eigenvalue weighted by Gasteiger charge is -2.23. The lowest BCUT2D eigenvalue weighted by molar-refractivity contribution is -0.131. The molecule has 0 aromatic heterocycles. The van der Waals surface area contributed by atoms with Gasteiger partial charge in [-0.3, -0.25) is 0 Å². The second kappa shape index (κ2) is 7.96. The number of ether oxygens (including phenoxy) is 1. The monoisotopic (exact) mass is 327 g/mol. The van der Waals surface area contributed by atoms with Gasteiger partial charge in [0.25, 0.3) is 0 Å². The molecule has 0 bridgehead atoms. The van der Waals surface area contributed by atoms with Crippen molar-refractivity contribution in [3.8, 4) is 0 Å². The van der Waals surface area contributed by atoms with Crippen LogP contribution >= 0.6 is 15.9 Å². The van der Waals surface area contributed by atoms with Gasteiger partial charge in [-0.2, -0.15) is 0 Å². The van der Waals surface area contributed by atoms with Crippen molar-refractivity contribution in [3.05, 3.63) is 34.3 Å². The smallest absolute Gasteiger partial charge is 0.328 e. The molecule has 0 aliphatic heterocycles. The maximum absolute atomic E-state index is 10.5. The van der Waals surface area contributed by atoms with E-state index in [0.29, 0.717) is 6.61 Å².